The minimum atomic E-state index is 0.423. The molecule has 2 heteroatoms. The molecule has 12 rings (SSSR count). The molecule has 2 N–H and O–H groups in total. The number of fused-ring (bicyclic) bond motifs is 14. The van der Waals surface area contributed by atoms with Crippen LogP contribution in [0.1, 0.15) is 186 Å². The lowest BCUT2D eigenvalue weighted by atomic mass is 9.52. The van der Waals surface area contributed by atoms with Gasteiger partial charge in [0.25, 0.3) is 0 Å². The predicted octanol–water partition coefficient (Wildman–Crippen LogP) is 13.2. The number of hydrogen-bond donors (Lipinski definition) is 2. The van der Waals surface area contributed by atoms with Gasteiger partial charge in [-0.1, -0.05) is 111 Å². The second-order valence-electron chi connectivity index (χ2n) is 22.6. The molecular weight excluding hydrogens is 665 g/mol. The van der Waals surface area contributed by atoms with Crippen LogP contribution in [0.3, 0.4) is 0 Å². The fourth-order valence-corrected chi connectivity index (χ4v) is 18.9. The van der Waals surface area contributed by atoms with Gasteiger partial charge in [-0.15, -0.1) is 0 Å². The first-order chi connectivity index (χ1) is 27.3. The summed E-state index contributed by atoms with van der Waals surface area (Å²) >= 11 is 0. The lowest BCUT2D eigenvalue weighted by Crippen LogP contribution is -2.64. The third kappa shape index (κ3) is 5.56. The van der Waals surface area contributed by atoms with Gasteiger partial charge in [-0.25, -0.2) is 0 Å². The Hall–Kier alpha value is -1.12. The molecule has 12 aliphatic rings. The van der Waals surface area contributed by atoms with Crippen LogP contribution in [0.25, 0.3) is 0 Å². The lowest BCUT2D eigenvalue weighted by molar-refractivity contribution is 0.0786. The van der Waals surface area contributed by atoms with Crippen LogP contribution in [0.15, 0.2) is 46.1 Å². The molecule has 15 atom stereocenters. The van der Waals surface area contributed by atoms with Crippen LogP contribution < -0.4 is 10.6 Å². The predicted molar refractivity (Wildman–Crippen MR) is 227 cm³/mol. The van der Waals surface area contributed by atoms with Gasteiger partial charge in [0, 0.05) is 23.4 Å². The zero-order valence-electron chi connectivity index (χ0n) is 34.9. The summed E-state index contributed by atoms with van der Waals surface area (Å²) < 4.78 is 0. The molecule has 15 unspecified atom stereocenters. The fraction of sp³-hybridized carbons (Fsp3) is 0.849. The van der Waals surface area contributed by atoms with Gasteiger partial charge < -0.3 is 0 Å². The second-order valence-corrected chi connectivity index (χ2v) is 22.6. The van der Waals surface area contributed by atoms with Gasteiger partial charge in [0.1, 0.15) is 0 Å². The highest BCUT2D eigenvalue weighted by atomic mass is 15.2. The van der Waals surface area contributed by atoms with Crippen molar-refractivity contribution in [2.45, 2.75) is 204 Å². The van der Waals surface area contributed by atoms with Crippen LogP contribution in [0, 0.1) is 76.4 Å². The van der Waals surface area contributed by atoms with E-state index in [1.165, 1.54) is 161 Å². The molecule has 0 aromatic heterocycles. The topological polar surface area (TPSA) is 24.1 Å². The molecule has 7 fully saturated rings. The average Bonchev–Trinajstić information content (AvgIpc) is 3.73. The molecule has 0 radical (unpaired) electrons. The van der Waals surface area contributed by atoms with E-state index >= 15 is 0 Å². The third-order valence-electron chi connectivity index (χ3n) is 20.7. The normalized spacial score (nSPS) is 49.6. The highest BCUT2D eigenvalue weighted by Gasteiger charge is 2.68. The maximum Gasteiger partial charge on any atom is 0.0643 e. The highest BCUT2D eigenvalue weighted by molar-refractivity contribution is 5.55. The van der Waals surface area contributed by atoms with E-state index in [0.717, 1.165) is 77.1 Å². The Morgan fingerprint density at radius 3 is 1.96 bits per heavy atom. The summed E-state index contributed by atoms with van der Waals surface area (Å²) in [5.74, 6) is 11.0. The number of rotatable bonds is 3. The number of allylic oxidation sites excluding steroid dienone is 7. The molecule has 1 aliphatic heterocycles. The SMILES string of the molecule is C1=CCC(C2CC(C3CCCCC3)NC(C3CCCC4=C3C3CCCCC3C43C4=CC5=C(CC4C4CCCCC43)C3CCCCC3C3CCCCC53)N2)CC1. The van der Waals surface area contributed by atoms with E-state index in [1.807, 2.05) is 5.57 Å². The van der Waals surface area contributed by atoms with Gasteiger partial charge in [-0.05, 0) is 186 Å². The molecule has 0 aromatic carbocycles. The van der Waals surface area contributed by atoms with Crippen molar-refractivity contribution in [2.75, 3.05) is 0 Å². The van der Waals surface area contributed by atoms with Crippen molar-refractivity contribution < 1.29 is 0 Å². The molecule has 300 valence electrons. The summed E-state index contributed by atoms with van der Waals surface area (Å²) in [6.07, 6.45) is 51.7. The quantitative estimate of drug-likeness (QED) is 0.281. The third-order valence-corrected chi connectivity index (χ3v) is 20.7. The van der Waals surface area contributed by atoms with E-state index in [2.05, 4.69) is 51.2 Å². The van der Waals surface area contributed by atoms with E-state index in [1.54, 1.807) is 25.7 Å². The molecule has 2 nitrogen and oxygen atoms in total. The molecule has 0 aromatic rings. The Labute approximate surface area is 336 Å². The summed E-state index contributed by atoms with van der Waals surface area (Å²) in [5.41, 5.74) is 10.8. The van der Waals surface area contributed by atoms with E-state index < -0.39 is 0 Å². The maximum absolute atomic E-state index is 4.57. The smallest absolute Gasteiger partial charge is 0.0643 e. The van der Waals surface area contributed by atoms with Crippen molar-refractivity contribution in [3.63, 3.8) is 0 Å². The zero-order chi connectivity index (χ0) is 36.1. The Morgan fingerprint density at radius 1 is 0.509 bits per heavy atom. The van der Waals surface area contributed by atoms with Crippen molar-refractivity contribution in [3.8, 4) is 0 Å². The van der Waals surface area contributed by atoms with Crippen molar-refractivity contribution >= 4 is 0 Å². The van der Waals surface area contributed by atoms with Crippen LogP contribution in [0.5, 0.6) is 0 Å². The Balaban J connectivity index is 0.979. The van der Waals surface area contributed by atoms with Gasteiger partial charge in [-0.3, -0.25) is 10.6 Å². The van der Waals surface area contributed by atoms with Gasteiger partial charge in [-0.2, -0.15) is 0 Å². The van der Waals surface area contributed by atoms with Crippen molar-refractivity contribution in [3.05, 3.63) is 46.1 Å². The van der Waals surface area contributed by atoms with Gasteiger partial charge >= 0.3 is 0 Å². The molecule has 1 heterocycles. The number of nitrogens with one attached hydrogen (secondary N) is 2. The highest BCUT2D eigenvalue weighted by Crippen LogP contribution is 2.76. The second kappa shape index (κ2) is 14.6. The molecule has 0 bridgehead atoms. The molecular formula is C53H78N2. The first kappa shape index (κ1) is 35.8. The first-order valence-electron chi connectivity index (χ1n) is 25.6. The fourth-order valence-electron chi connectivity index (χ4n) is 18.9. The maximum atomic E-state index is 4.57. The monoisotopic (exact) mass is 743 g/mol. The van der Waals surface area contributed by atoms with E-state index in [0.29, 0.717) is 17.6 Å². The van der Waals surface area contributed by atoms with Crippen LogP contribution in [0.4, 0.5) is 0 Å². The number of hydrogen-bond acceptors (Lipinski definition) is 2. The van der Waals surface area contributed by atoms with E-state index in [9.17, 15) is 0 Å². The van der Waals surface area contributed by atoms with Gasteiger partial charge in [0.2, 0.25) is 0 Å². The van der Waals surface area contributed by atoms with E-state index in [-0.39, 0.29) is 0 Å². The summed E-state index contributed by atoms with van der Waals surface area (Å²) in [4.78, 5) is 0. The molecule has 55 heavy (non-hydrogen) atoms. The van der Waals surface area contributed by atoms with E-state index in [4.69, 9.17) is 0 Å². The minimum Gasteiger partial charge on any atom is -0.298 e. The van der Waals surface area contributed by atoms with Crippen molar-refractivity contribution in [1.82, 2.24) is 10.6 Å². The Bertz CT molecular complexity index is 1590. The summed E-state index contributed by atoms with van der Waals surface area (Å²) in [7, 11) is 0. The molecule has 1 saturated heterocycles. The Kier molecular flexibility index (Phi) is 9.47. The largest absolute Gasteiger partial charge is 0.298 e. The first-order valence-corrected chi connectivity index (χ1v) is 25.6. The van der Waals surface area contributed by atoms with Crippen LogP contribution in [-0.4, -0.2) is 18.2 Å². The van der Waals surface area contributed by atoms with Crippen molar-refractivity contribution in [2.24, 2.45) is 76.4 Å². The van der Waals surface area contributed by atoms with Gasteiger partial charge in [0.15, 0.2) is 0 Å². The standard InChI is InChI=1S/C53H78N2/c1-3-16-33(17-4-1)49-32-50(34-18-5-2-6-19-34)55-52(54-49)41-26-15-29-47-51(41)40-25-12-14-28-46(40)53(47)45-27-13-11-24-39(45)44-30-42-37-22-9-7-20-35(37)36-21-8-10-23-38(36)43(42)31-48(44)53/h1,3,31,33-41,44-46,49-50,52,54-55H,2,4-30,32H2. The zero-order valence-corrected chi connectivity index (χ0v) is 34.9. The van der Waals surface area contributed by atoms with Crippen LogP contribution in [0.2, 0.25) is 0 Å². The van der Waals surface area contributed by atoms with Crippen molar-refractivity contribution in [1.29, 1.82) is 0 Å². The summed E-state index contributed by atoms with van der Waals surface area (Å²) in [5, 5.41) is 9.13. The molecule has 11 aliphatic carbocycles. The molecule has 1 spiro atoms. The lowest BCUT2D eigenvalue weighted by Gasteiger charge is -2.52. The average molecular weight is 743 g/mol. The summed E-state index contributed by atoms with van der Waals surface area (Å²) in [6.45, 7) is 0. The Morgan fingerprint density at radius 2 is 1.16 bits per heavy atom. The van der Waals surface area contributed by atoms with Crippen LogP contribution >= 0.6 is 0 Å². The molecule has 6 saturated carbocycles. The minimum absolute atomic E-state index is 0.423. The molecule has 0 amide bonds. The summed E-state index contributed by atoms with van der Waals surface area (Å²) in [6, 6.07) is 1.43. The van der Waals surface area contributed by atoms with Crippen LogP contribution in [-0.2, 0) is 0 Å². The van der Waals surface area contributed by atoms with Gasteiger partial charge in [0.05, 0.1) is 6.17 Å².